The molecule has 10 heteroatoms. The highest BCUT2D eigenvalue weighted by molar-refractivity contribution is 14.1. The van der Waals surface area contributed by atoms with Crippen molar-refractivity contribution in [2.24, 2.45) is 5.73 Å². The highest BCUT2D eigenvalue weighted by atomic mass is 127. The Hall–Kier alpha value is -2.37. The quantitative estimate of drug-likeness (QED) is 0.566. The van der Waals surface area contributed by atoms with Gasteiger partial charge >= 0.3 is 6.18 Å². The van der Waals surface area contributed by atoms with Crippen LogP contribution in [0.5, 0.6) is 0 Å². The fraction of sp³-hybridized carbons (Fsp3) is 0.188. The van der Waals surface area contributed by atoms with E-state index >= 15 is 0 Å². The third-order valence-corrected chi connectivity index (χ3v) is 4.56. The summed E-state index contributed by atoms with van der Waals surface area (Å²) >= 11 is 1.83. The van der Waals surface area contributed by atoms with E-state index < -0.39 is 17.8 Å². The highest BCUT2D eigenvalue weighted by Crippen LogP contribution is 2.37. The van der Waals surface area contributed by atoms with E-state index in [0.717, 1.165) is 4.68 Å². The first-order chi connectivity index (χ1) is 12.2. The average Bonchev–Trinajstić information content (AvgIpc) is 2.96. The van der Waals surface area contributed by atoms with Crippen LogP contribution in [-0.4, -0.2) is 27.2 Å². The Morgan fingerprint density at radius 3 is 2.69 bits per heavy atom. The number of pyridine rings is 1. The van der Waals surface area contributed by atoms with Crippen molar-refractivity contribution in [3.05, 3.63) is 45.3 Å². The minimum absolute atomic E-state index is 0.0676. The van der Waals surface area contributed by atoms with Gasteiger partial charge in [-0.3, -0.25) is 4.79 Å². The summed E-state index contributed by atoms with van der Waals surface area (Å²) in [5.41, 5.74) is 5.37. The number of halogens is 4. The first-order valence-electron chi connectivity index (χ1n) is 7.52. The summed E-state index contributed by atoms with van der Waals surface area (Å²) in [4.78, 5) is 15.5. The minimum atomic E-state index is -4.63. The van der Waals surface area contributed by atoms with E-state index in [2.05, 4.69) is 15.4 Å². The van der Waals surface area contributed by atoms with Crippen molar-refractivity contribution in [2.75, 3.05) is 11.9 Å². The van der Waals surface area contributed by atoms with Gasteiger partial charge in [0.15, 0.2) is 11.3 Å². The molecule has 6 nitrogen and oxygen atoms in total. The lowest BCUT2D eigenvalue weighted by atomic mass is 10.1. The molecule has 26 heavy (non-hydrogen) atoms. The van der Waals surface area contributed by atoms with Gasteiger partial charge in [0, 0.05) is 21.9 Å². The molecule has 0 unspecified atom stereocenters. The number of primary amides is 1. The first-order valence-corrected chi connectivity index (χ1v) is 8.60. The molecule has 3 rings (SSSR count). The largest absolute Gasteiger partial charge is 0.435 e. The van der Waals surface area contributed by atoms with Gasteiger partial charge in [0.25, 0.3) is 0 Å². The number of carbonyl (C=O) groups is 1. The first kappa shape index (κ1) is 18.4. The molecule has 0 aliphatic heterocycles. The fourth-order valence-electron chi connectivity index (χ4n) is 2.58. The van der Waals surface area contributed by atoms with Crippen LogP contribution in [-0.2, 0) is 6.18 Å². The van der Waals surface area contributed by atoms with E-state index in [1.165, 1.54) is 30.5 Å². The van der Waals surface area contributed by atoms with Gasteiger partial charge in [-0.25, -0.2) is 9.67 Å². The zero-order chi connectivity index (χ0) is 19.1. The van der Waals surface area contributed by atoms with Crippen molar-refractivity contribution in [1.29, 1.82) is 0 Å². The molecule has 0 spiro atoms. The number of nitrogens with one attached hydrogen (secondary N) is 1. The van der Waals surface area contributed by atoms with Crippen LogP contribution in [0.4, 0.5) is 18.9 Å². The second-order valence-electron chi connectivity index (χ2n) is 5.38. The molecule has 0 aliphatic carbocycles. The number of hydrogen-bond acceptors (Lipinski definition) is 4. The maximum absolute atomic E-state index is 13.5. The molecule has 0 aliphatic rings. The molecular weight excluding hydrogens is 462 g/mol. The normalized spacial score (nSPS) is 11.7. The summed E-state index contributed by atoms with van der Waals surface area (Å²) in [5.74, 6) is -0.635. The zero-order valence-electron chi connectivity index (χ0n) is 13.4. The van der Waals surface area contributed by atoms with Crippen LogP contribution in [0.1, 0.15) is 23.0 Å². The van der Waals surface area contributed by atoms with Crippen molar-refractivity contribution < 1.29 is 18.0 Å². The van der Waals surface area contributed by atoms with Crippen LogP contribution >= 0.6 is 22.6 Å². The molecule has 0 fully saturated rings. The number of carbonyl (C=O) groups excluding carboxylic acids is 1. The number of alkyl halides is 3. The van der Waals surface area contributed by atoms with Crippen LogP contribution in [0.25, 0.3) is 16.7 Å². The Balaban J connectivity index is 2.33. The van der Waals surface area contributed by atoms with Crippen LogP contribution in [0.3, 0.4) is 0 Å². The van der Waals surface area contributed by atoms with E-state index in [4.69, 9.17) is 5.73 Å². The molecule has 0 saturated heterocycles. The molecule has 1 amide bonds. The van der Waals surface area contributed by atoms with Gasteiger partial charge in [-0.15, -0.1) is 0 Å². The van der Waals surface area contributed by atoms with Gasteiger partial charge in [0.2, 0.25) is 5.91 Å². The second kappa shape index (κ2) is 6.74. The third kappa shape index (κ3) is 3.20. The van der Waals surface area contributed by atoms with Crippen LogP contribution < -0.4 is 11.1 Å². The van der Waals surface area contributed by atoms with Crippen molar-refractivity contribution in [3.8, 4) is 5.69 Å². The van der Waals surface area contributed by atoms with E-state index in [9.17, 15) is 18.0 Å². The average molecular weight is 475 g/mol. The summed E-state index contributed by atoms with van der Waals surface area (Å²) in [7, 11) is 0. The molecule has 3 N–H and O–H groups in total. The van der Waals surface area contributed by atoms with Crippen LogP contribution in [0.2, 0.25) is 0 Å². The standard InChI is InChI=1S/C16H13F3IN5O/c1-2-22-10-7-8(14(21)26)3-4-11(10)25-15-12(9(20)5-6-23-15)13(24-25)16(17,18)19/h3-7,22H,2H2,1H3,(H2,21,26). The summed E-state index contributed by atoms with van der Waals surface area (Å²) in [6.07, 6.45) is -3.20. The lowest BCUT2D eigenvalue weighted by Crippen LogP contribution is -2.13. The monoisotopic (exact) mass is 475 g/mol. The number of fused-ring (bicyclic) bond motifs is 1. The number of hydrogen-bond donors (Lipinski definition) is 2. The Bertz CT molecular complexity index is 999. The summed E-state index contributed by atoms with van der Waals surface area (Å²) in [6, 6.07) is 5.90. The maximum atomic E-state index is 13.5. The van der Waals surface area contributed by atoms with E-state index in [1.54, 1.807) is 0 Å². The van der Waals surface area contributed by atoms with Crippen LogP contribution in [0, 0.1) is 3.57 Å². The van der Waals surface area contributed by atoms with E-state index in [0.29, 0.717) is 21.5 Å². The number of anilines is 1. The van der Waals surface area contributed by atoms with Crippen molar-refractivity contribution in [1.82, 2.24) is 14.8 Å². The third-order valence-electron chi connectivity index (χ3n) is 3.66. The van der Waals surface area contributed by atoms with Crippen molar-refractivity contribution in [2.45, 2.75) is 13.1 Å². The van der Waals surface area contributed by atoms with Gasteiger partial charge in [0.1, 0.15) is 0 Å². The van der Waals surface area contributed by atoms with Gasteiger partial charge in [0.05, 0.1) is 16.8 Å². The van der Waals surface area contributed by atoms with Crippen molar-refractivity contribution in [3.63, 3.8) is 0 Å². The SMILES string of the molecule is CCNc1cc(C(N)=O)ccc1-n1nc(C(F)(F)F)c2c(I)ccnc21. The van der Waals surface area contributed by atoms with Crippen LogP contribution in [0.15, 0.2) is 30.5 Å². The Morgan fingerprint density at radius 2 is 2.08 bits per heavy atom. The number of amides is 1. The molecule has 0 saturated carbocycles. The number of benzene rings is 1. The lowest BCUT2D eigenvalue weighted by Gasteiger charge is -2.12. The van der Waals surface area contributed by atoms with E-state index in [-0.39, 0.29) is 16.6 Å². The number of aromatic nitrogens is 3. The minimum Gasteiger partial charge on any atom is -0.384 e. The molecule has 2 heterocycles. The second-order valence-corrected chi connectivity index (χ2v) is 6.54. The zero-order valence-corrected chi connectivity index (χ0v) is 15.6. The summed E-state index contributed by atoms with van der Waals surface area (Å²) < 4.78 is 41.9. The molecule has 0 atom stereocenters. The van der Waals surface area contributed by atoms with Crippen molar-refractivity contribution >= 4 is 45.2 Å². The Morgan fingerprint density at radius 1 is 1.35 bits per heavy atom. The Kier molecular flexibility index (Phi) is 4.78. The van der Waals surface area contributed by atoms with Gasteiger partial charge in [-0.2, -0.15) is 18.3 Å². The summed E-state index contributed by atoms with van der Waals surface area (Å²) in [6.45, 7) is 2.32. The highest BCUT2D eigenvalue weighted by Gasteiger charge is 2.38. The molecule has 2 aromatic heterocycles. The molecule has 136 valence electrons. The number of nitrogens with zero attached hydrogens (tertiary/aromatic N) is 3. The predicted molar refractivity (Wildman–Crippen MR) is 99.3 cm³/mol. The fourth-order valence-corrected chi connectivity index (χ4v) is 3.23. The number of nitrogens with two attached hydrogens (primary N) is 1. The van der Waals surface area contributed by atoms with E-state index in [1.807, 2.05) is 29.5 Å². The maximum Gasteiger partial charge on any atom is 0.435 e. The topological polar surface area (TPSA) is 85.8 Å². The smallest absolute Gasteiger partial charge is 0.384 e. The van der Waals surface area contributed by atoms with Gasteiger partial charge in [-0.1, -0.05) is 0 Å². The lowest BCUT2D eigenvalue weighted by molar-refractivity contribution is -0.140. The summed E-state index contributed by atoms with van der Waals surface area (Å²) in [5, 5.41) is 6.73. The molecule has 1 aromatic carbocycles. The molecule has 0 bridgehead atoms. The predicted octanol–water partition coefficient (Wildman–Crippen LogP) is 3.57. The van der Waals surface area contributed by atoms with Gasteiger partial charge in [-0.05, 0) is 53.8 Å². The number of rotatable bonds is 4. The Labute approximate surface area is 159 Å². The molecular formula is C16H13F3IN5O. The molecule has 0 radical (unpaired) electrons. The van der Waals surface area contributed by atoms with Gasteiger partial charge < -0.3 is 11.1 Å². The molecule has 3 aromatic rings.